The van der Waals surface area contributed by atoms with E-state index in [1.54, 1.807) is 55.4 Å². The van der Waals surface area contributed by atoms with Crippen LogP contribution in [0.1, 0.15) is 55.4 Å². The van der Waals surface area contributed by atoms with E-state index in [1.807, 2.05) is 0 Å². The van der Waals surface area contributed by atoms with Crippen molar-refractivity contribution in [2.75, 3.05) is 0 Å². The molecule has 5 nitrogen and oxygen atoms in total. The largest absolute Gasteiger partial charge is 0.429 e. The fraction of sp³-hybridized carbons (Fsp3) is 0.714. The zero-order valence-corrected chi connectivity index (χ0v) is 14.3. The maximum atomic E-state index is 11.7. The lowest BCUT2D eigenvalue weighted by Gasteiger charge is -2.14. The molecule has 0 bridgehead atoms. The highest BCUT2D eigenvalue weighted by atomic mass is 35.5. The topological polar surface area (TPSA) is 68.1 Å². The zero-order valence-electron chi connectivity index (χ0n) is 13.5. The summed E-state index contributed by atoms with van der Waals surface area (Å²) in [7, 11) is 0. The van der Waals surface area contributed by atoms with Gasteiger partial charge in [-0.2, -0.15) is 9.98 Å². The first kappa shape index (κ1) is 21.1. The Bertz CT molecular complexity index is 387. The van der Waals surface area contributed by atoms with Crippen molar-refractivity contribution >= 4 is 36.0 Å². The summed E-state index contributed by atoms with van der Waals surface area (Å²) >= 11 is 0. The van der Waals surface area contributed by atoms with Crippen LogP contribution in [-0.2, 0) is 14.3 Å². The number of rotatable bonds is 0. The zero-order chi connectivity index (χ0) is 15.4. The summed E-state index contributed by atoms with van der Waals surface area (Å²) in [5.74, 6) is -0.189. The normalized spacial score (nSPS) is 13.6. The van der Waals surface area contributed by atoms with E-state index in [9.17, 15) is 9.59 Å². The van der Waals surface area contributed by atoms with Crippen LogP contribution in [0.15, 0.2) is 9.98 Å². The molecule has 0 N–H and O–H groups in total. The molecule has 0 aromatic rings. The quantitative estimate of drug-likeness (QED) is 0.509. The summed E-state index contributed by atoms with van der Waals surface area (Å²) in [6.45, 7) is 13.8. The summed E-state index contributed by atoms with van der Waals surface area (Å²) in [5.41, 5.74) is -1.12. The first-order valence-electron chi connectivity index (χ1n) is 6.21. The second kappa shape index (κ2) is 7.53. The molecule has 0 fully saturated rings. The first-order chi connectivity index (χ1) is 8.34. The van der Waals surface area contributed by atoms with Gasteiger partial charge in [0.25, 0.3) is 11.8 Å². The van der Waals surface area contributed by atoms with Crippen molar-refractivity contribution in [3.63, 3.8) is 0 Å². The van der Waals surface area contributed by atoms with E-state index in [1.165, 1.54) is 0 Å². The van der Waals surface area contributed by atoms with E-state index in [-0.39, 0.29) is 36.0 Å². The van der Waals surface area contributed by atoms with Crippen LogP contribution < -0.4 is 0 Å². The van der Waals surface area contributed by atoms with Crippen LogP contribution in [0.3, 0.4) is 0 Å². The molecule has 0 rings (SSSR count). The minimum absolute atomic E-state index is 0. The maximum absolute atomic E-state index is 11.7. The van der Waals surface area contributed by atoms with Crippen LogP contribution >= 0.6 is 12.4 Å². The van der Waals surface area contributed by atoms with Gasteiger partial charge in [-0.05, 0) is 0 Å². The van der Waals surface area contributed by atoms with Crippen LogP contribution in [0.2, 0.25) is 0 Å². The average molecular weight is 305 g/mol. The van der Waals surface area contributed by atoms with Gasteiger partial charge in [-0.3, -0.25) is 9.59 Å². The van der Waals surface area contributed by atoms with Gasteiger partial charge < -0.3 is 4.74 Å². The fourth-order valence-electron chi connectivity index (χ4n) is 0.881. The number of nitrogens with zero attached hydrogens (tertiary/aromatic N) is 2. The molecule has 0 atom stereocenters. The Morgan fingerprint density at radius 1 is 0.750 bits per heavy atom. The number of aliphatic imine (C=N–C) groups is 2. The fourth-order valence-corrected chi connectivity index (χ4v) is 0.881. The lowest BCUT2D eigenvalue weighted by Crippen LogP contribution is -2.22. The van der Waals surface area contributed by atoms with Gasteiger partial charge in [0.2, 0.25) is 0 Å². The summed E-state index contributed by atoms with van der Waals surface area (Å²) in [6, 6.07) is 0. The molecule has 0 aromatic carbocycles. The lowest BCUT2D eigenvalue weighted by atomic mass is 9.96. The van der Waals surface area contributed by atoms with Gasteiger partial charge in [-0.1, -0.05) is 41.5 Å². The van der Waals surface area contributed by atoms with Gasteiger partial charge in [0.05, 0.1) is 0 Å². The molecule has 0 unspecified atom stereocenters. The highest BCUT2D eigenvalue weighted by molar-refractivity contribution is 6.00. The highest BCUT2D eigenvalue weighted by Crippen LogP contribution is 2.16. The van der Waals surface area contributed by atoms with Crippen LogP contribution in [0.4, 0.5) is 0 Å². The molecule has 0 aliphatic rings. The Hall–Kier alpha value is -1.23. The van der Waals surface area contributed by atoms with Gasteiger partial charge in [-0.25, -0.2) is 0 Å². The Morgan fingerprint density at radius 3 is 1.20 bits per heavy atom. The number of hydrogen-bond donors (Lipinski definition) is 0. The minimum atomic E-state index is -0.559. The molecule has 0 aromatic heterocycles. The third-order valence-corrected chi connectivity index (χ3v) is 2.10. The second-order valence-electron chi connectivity index (χ2n) is 6.47. The van der Waals surface area contributed by atoms with E-state index >= 15 is 0 Å². The number of amides is 2. The van der Waals surface area contributed by atoms with Crippen molar-refractivity contribution in [2.24, 2.45) is 20.8 Å². The van der Waals surface area contributed by atoms with Gasteiger partial charge in [0, 0.05) is 24.7 Å². The molecule has 0 saturated carbocycles. The molecule has 0 aliphatic heterocycles. The molecule has 2 amide bonds. The van der Waals surface area contributed by atoms with Crippen LogP contribution in [0.25, 0.3) is 0 Å². The molecule has 116 valence electrons. The summed E-state index contributed by atoms with van der Waals surface area (Å²) in [4.78, 5) is 31.0. The van der Waals surface area contributed by atoms with Gasteiger partial charge in [0.1, 0.15) is 0 Å². The number of carbonyl (C=O) groups excluding carboxylic acids is 2. The van der Waals surface area contributed by atoms with Crippen molar-refractivity contribution < 1.29 is 14.3 Å². The van der Waals surface area contributed by atoms with E-state index in [2.05, 4.69) is 9.98 Å². The van der Waals surface area contributed by atoms with Gasteiger partial charge >= 0.3 is 0 Å². The smallest absolute Gasteiger partial charge is 0.254 e. The molecule has 0 saturated heterocycles. The maximum Gasteiger partial charge on any atom is 0.254 e. The minimum Gasteiger partial charge on any atom is -0.429 e. The van der Waals surface area contributed by atoms with E-state index < -0.39 is 10.8 Å². The average Bonchev–Trinajstić information content (AvgIpc) is 2.13. The predicted molar refractivity (Wildman–Crippen MR) is 83.5 cm³/mol. The standard InChI is InChI=1S/C14H24N2O3.ClH/c1-9(15-11(17)13(3,4)5)19-10(2)16-12(18)14(6,7)8;/h1-8H3;1H. The van der Waals surface area contributed by atoms with Gasteiger partial charge in [0.15, 0.2) is 11.8 Å². The predicted octanol–water partition coefficient (Wildman–Crippen LogP) is 3.41. The molecule has 20 heavy (non-hydrogen) atoms. The first-order valence-corrected chi connectivity index (χ1v) is 6.21. The molecule has 0 heterocycles. The Balaban J connectivity index is 0. The number of ether oxygens (including phenoxy) is 1. The molecular weight excluding hydrogens is 280 g/mol. The van der Waals surface area contributed by atoms with Crippen molar-refractivity contribution in [1.29, 1.82) is 0 Å². The van der Waals surface area contributed by atoms with Crippen molar-refractivity contribution in [1.82, 2.24) is 0 Å². The summed E-state index contributed by atoms with van der Waals surface area (Å²) in [5, 5.41) is 0. The number of hydrogen-bond acceptors (Lipinski definition) is 3. The Labute approximate surface area is 127 Å². The van der Waals surface area contributed by atoms with Crippen molar-refractivity contribution in [2.45, 2.75) is 55.4 Å². The molecule has 6 heteroatoms. The number of carbonyl (C=O) groups is 2. The van der Waals surface area contributed by atoms with E-state index in [4.69, 9.17) is 4.74 Å². The van der Waals surface area contributed by atoms with Crippen LogP contribution in [0, 0.1) is 10.8 Å². The monoisotopic (exact) mass is 304 g/mol. The second-order valence-corrected chi connectivity index (χ2v) is 6.47. The third kappa shape index (κ3) is 8.04. The van der Waals surface area contributed by atoms with Crippen molar-refractivity contribution in [3.05, 3.63) is 0 Å². The summed E-state index contributed by atoms with van der Waals surface area (Å²) in [6.07, 6.45) is 0. The Kier molecular flexibility index (Phi) is 7.93. The van der Waals surface area contributed by atoms with Crippen LogP contribution in [-0.4, -0.2) is 23.6 Å². The molecule has 0 radical (unpaired) electrons. The highest BCUT2D eigenvalue weighted by Gasteiger charge is 2.22. The molecule has 0 aliphatic carbocycles. The van der Waals surface area contributed by atoms with Gasteiger partial charge in [-0.15, -0.1) is 12.4 Å². The van der Waals surface area contributed by atoms with E-state index in [0.29, 0.717) is 0 Å². The van der Waals surface area contributed by atoms with Crippen molar-refractivity contribution in [3.8, 4) is 0 Å². The van der Waals surface area contributed by atoms with Crippen LogP contribution in [0.5, 0.6) is 0 Å². The lowest BCUT2D eigenvalue weighted by molar-refractivity contribution is -0.125. The molecular formula is C14H25ClN2O3. The SMILES string of the molecule is CC(=NC(=O)C(C)(C)C)OC(C)=NC(=O)C(C)(C)C.Cl. The number of halogens is 1. The third-order valence-electron chi connectivity index (χ3n) is 2.10. The Morgan fingerprint density at radius 2 is 1.00 bits per heavy atom. The summed E-state index contributed by atoms with van der Waals surface area (Å²) < 4.78 is 5.24. The van der Waals surface area contributed by atoms with E-state index in [0.717, 1.165) is 0 Å². The molecule has 0 spiro atoms.